The van der Waals surface area contributed by atoms with Gasteiger partial charge in [-0.3, -0.25) is 4.79 Å². The number of nitrogens with zero attached hydrogens (tertiary/aromatic N) is 3. The minimum absolute atomic E-state index is 0.00409. The molecule has 22 heavy (non-hydrogen) atoms. The third-order valence-corrected chi connectivity index (χ3v) is 3.90. The van der Waals surface area contributed by atoms with Gasteiger partial charge in [0.1, 0.15) is 5.82 Å². The number of aryl methyl sites for hydroxylation is 1. The Bertz CT molecular complexity index is 631. The van der Waals surface area contributed by atoms with Gasteiger partial charge in [0.2, 0.25) is 5.91 Å². The zero-order valence-corrected chi connectivity index (χ0v) is 14.3. The maximum Gasteiger partial charge on any atom is 0.230 e. The Morgan fingerprint density at radius 3 is 2.55 bits per heavy atom. The molecule has 0 saturated heterocycles. The minimum Gasteiger partial charge on any atom is -0.351 e. The molecule has 6 heteroatoms. The lowest BCUT2D eigenvalue weighted by atomic mass is 10.1. The molecular formula is C16H22N4OS. The second-order valence-electron chi connectivity index (χ2n) is 6.19. The SMILES string of the molecule is Cc1nnc(SCC(=O)NC(C)(C)C)n1Cc1ccccc1. The molecule has 2 rings (SSSR count). The Morgan fingerprint density at radius 2 is 1.91 bits per heavy atom. The lowest BCUT2D eigenvalue weighted by molar-refractivity contribution is -0.119. The van der Waals surface area contributed by atoms with Gasteiger partial charge in [-0.25, -0.2) is 0 Å². The molecule has 1 heterocycles. The number of rotatable bonds is 5. The zero-order chi connectivity index (χ0) is 16.2. The molecule has 1 amide bonds. The molecule has 0 aliphatic heterocycles. The Balaban J connectivity index is 2.02. The van der Waals surface area contributed by atoms with Crippen LogP contribution in [0.25, 0.3) is 0 Å². The summed E-state index contributed by atoms with van der Waals surface area (Å²) in [6.45, 7) is 8.55. The molecule has 5 nitrogen and oxygen atoms in total. The van der Waals surface area contributed by atoms with E-state index in [4.69, 9.17) is 0 Å². The first-order valence-corrected chi connectivity index (χ1v) is 8.21. The van der Waals surface area contributed by atoms with Crippen LogP contribution in [0.3, 0.4) is 0 Å². The average molecular weight is 318 g/mol. The summed E-state index contributed by atoms with van der Waals surface area (Å²) in [4.78, 5) is 11.9. The van der Waals surface area contributed by atoms with Crippen molar-refractivity contribution in [2.45, 2.75) is 44.9 Å². The van der Waals surface area contributed by atoms with E-state index >= 15 is 0 Å². The Hall–Kier alpha value is -1.82. The van der Waals surface area contributed by atoms with Gasteiger partial charge in [0.05, 0.1) is 12.3 Å². The molecule has 1 N–H and O–H groups in total. The summed E-state index contributed by atoms with van der Waals surface area (Å²) < 4.78 is 2.03. The standard InChI is InChI=1S/C16H22N4OS/c1-12-18-19-15(22-11-14(21)17-16(2,3)4)20(12)10-13-8-6-5-7-9-13/h5-9H,10-11H2,1-4H3,(H,17,21). The first kappa shape index (κ1) is 16.5. The van der Waals surface area contributed by atoms with Gasteiger partial charge in [-0.05, 0) is 33.3 Å². The molecule has 1 aromatic carbocycles. The van der Waals surface area contributed by atoms with Crippen molar-refractivity contribution in [3.63, 3.8) is 0 Å². The van der Waals surface area contributed by atoms with Crippen molar-refractivity contribution in [1.82, 2.24) is 20.1 Å². The van der Waals surface area contributed by atoms with Crippen molar-refractivity contribution in [3.05, 3.63) is 41.7 Å². The van der Waals surface area contributed by atoms with Crippen LogP contribution in [-0.2, 0) is 11.3 Å². The zero-order valence-electron chi connectivity index (χ0n) is 13.5. The van der Waals surface area contributed by atoms with Crippen LogP contribution in [0.1, 0.15) is 32.2 Å². The number of benzene rings is 1. The van der Waals surface area contributed by atoms with E-state index in [1.807, 2.05) is 50.5 Å². The summed E-state index contributed by atoms with van der Waals surface area (Å²) in [7, 11) is 0. The van der Waals surface area contributed by atoms with Crippen molar-refractivity contribution in [2.24, 2.45) is 0 Å². The third-order valence-electron chi connectivity index (χ3n) is 2.93. The van der Waals surface area contributed by atoms with Gasteiger partial charge in [0.15, 0.2) is 5.16 Å². The maximum atomic E-state index is 11.9. The monoisotopic (exact) mass is 318 g/mol. The predicted octanol–water partition coefficient (Wildman–Crippen LogP) is 2.64. The smallest absolute Gasteiger partial charge is 0.230 e. The van der Waals surface area contributed by atoms with Gasteiger partial charge < -0.3 is 9.88 Å². The molecule has 0 radical (unpaired) electrons. The number of thioether (sulfide) groups is 1. The normalized spacial score (nSPS) is 11.5. The summed E-state index contributed by atoms with van der Waals surface area (Å²) in [5.41, 5.74) is 0.969. The highest BCUT2D eigenvalue weighted by molar-refractivity contribution is 7.99. The van der Waals surface area contributed by atoms with E-state index in [0.29, 0.717) is 12.3 Å². The molecule has 0 unspecified atom stereocenters. The van der Waals surface area contributed by atoms with Crippen molar-refractivity contribution in [2.75, 3.05) is 5.75 Å². The molecule has 1 aromatic heterocycles. The molecule has 0 spiro atoms. The highest BCUT2D eigenvalue weighted by atomic mass is 32.2. The summed E-state index contributed by atoms with van der Waals surface area (Å²) in [5.74, 6) is 1.19. The van der Waals surface area contributed by atoms with Crippen LogP contribution in [0, 0.1) is 6.92 Å². The molecule has 0 saturated carbocycles. The topological polar surface area (TPSA) is 59.8 Å². The number of hydrogen-bond acceptors (Lipinski definition) is 4. The van der Waals surface area contributed by atoms with Crippen LogP contribution in [0.2, 0.25) is 0 Å². The number of carbonyl (C=O) groups is 1. The fraction of sp³-hybridized carbons (Fsp3) is 0.438. The summed E-state index contributed by atoms with van der Waals surface area (Å²) in [6, 6.07) is 10.2. The molecule has 0 atom stereocenters. The lowest BCUT2D eigenvalue weighted by Gasteiger charge is -2.20. The van der Waals surface area contributed by atoms with Crippen LogP contribution in [0.5, 0.6) is 0 Å². The van der Waals surface area contributed by atoms with Gasteiger partial charge in [0.25, 0.3) is 0 Å². The van der Waals surface area contributed by atoms with E-state index in [-0.39, 0.29) is 11.4 Å². The van der Waals surface area contributed by atoms with Gasteiger partial charge in [-0.2, -0.15) is 0 Å². The number of nitrogens with one attached hydrogen (secondary N) is 1. The Kier molecular flexibility index (Phi) is 5.24. The molecule has 2 aromatic rings. The van der Waals surface area contributed by atoms with E-state index in [1.165, 1.54) is 17.3 Å². The van der Waals surface area contributed by atoms with Gasteiger partial charge in [0, 0.05) is 5.54 Å². The van der Waals surface area contributed by atoms with E-state index in [0.717, 1.165) is 11.0 Å². The quantitative estimate of drug-likeness (QED) is 0.861. The van der Waals surface area contributed by atoms with Crippen LogP contribution in [-0.4, -0.2) is 32.0 Å². The van der Waals surface area contributed by atoms with Gasteiger partial charge in [-0.15, -0.1) is 10.2 Å². The predicted molar refractivity (Wildman–Crippen MR) is 88.9 cm³/mol. The van der Waals surface area contributed by atoms with Crippen LogP contribution in [0.4, 0.5) is 0 Å². The molecule has 0 aliphatic carbocycles. The van der Waals surface area contributed by atoms with Crippen LogP contribution < -0.4 is 5.32 Å². The van der Waals surface area contributed by atoms with Gasteiger partial charge in [-0.1, -0.05) is 42.1 Å². The van der Waals surface area contributed by atoms with Crippen molar-refractivity contribution < 1.29 is 4.79 Å². The Morgan fingerprint density at radius 1 is 1.23 bits per heavy atom. The van der Waals surface area contributed by atoms with Gasteiger partial charge >= 0.3 is 0 Å². The van der Waals surface area contributed by atoms with Crippen molar-refractivity contribution in [3.8, 4) is 0 Å². The average Bonchev–Trinajstić information content (AvgIpc) is 2.77. The summed E-state index contributed by atoms with van der Waals surface area (Å²) >= 11 is 1.41. The van der Waals surface area contributed by atoms with E-state index in [2.05, 4.69) is 27.6 Å². The summed E-state index contributed by atoms with van der Waals surface area (Å²) in [6.07, 6.45) is 0. The lowest BCUT2D eigenvalue weighted by Crippen LogP contribution is -2.41. The first-order chi connectivity index (χ1) is 10.3. The number of hydrogen-bond donors (Lipinski definition) is 1. The van der Waals surface area contributed by atoms with Crippen LogP contribution >= 0.6 is 11.8 Å². The van der Waals surface area contributed by atoms with E-state index in [1.54, 1.807) is 0 Å². The van der Waals surface area contributed by atoms with Crippen LogP contribution in [0.15, 0.2) is 35.5 Å². The first-order valence-electron chi connectivity index (χ1n) is 7.23. The van der Waals surface area contributed by atoms with Crippen molar-refractivity contribution in [1.29, 1.82) is 0 Å². The fourth-order valence-corrected chi connectivity index (χ4v) is 2.78. The number of amides is 1. The molecule has 0 bridgehead atoms. The molecule has 0 fully saturated rings. The second kappa shape index (κ2) is 6.96. The third kappa shape index (κ3) is 4.87. The molecule has 0 aliphatic rings. The van der Waals surface area contributed by atoms with E-state index in [9.17, 15) is 4.79 Å². The Labute approximate surface area is 135 Å². The maximum absolute atomic E-state index is 11.9. The highest BCUT2D eigenvalue weighted by Gasteiger charge is 2.16. The number of carbonyl (C=O) groups excluding carboxylic acids is 1. The minimum atomic E-state index is -0.217. The summed E-state index contributed by atoms with van der Waals surface area (Å²) in [5, 5.41) is 12.0. The van der Waals surface area contributed by atoms with E-state index < -0.39 is 0 Å². The molecular weight excluding hydrogens is 296 g/mol. The highest BCUT2D eigenvalue weighted by Crippen LogP contribution is 2.18. The number of aromatic nitrogens is 3. The largest absolute Gasteiger partial charge is 0.351 e. The fourth-order valence-electron chi connectivity index (χ4n) is 2.00. The molecule has 118 valence electrons. The second-order valence-corrected chi connectivity index (χ2v) is 7.13. The van der Waals surface area contributed by atoms with Crippen molar-refractivity contribution >= 4 is 17.7 Å².